The summed E-state index contributed by atoms with van der Waals surface area (Å²) in [5.41, 5.74) is 1.13. The average molecular weight is 512 g/mol. The van der Waals surface area contributed by atoms with Crippen molar-refractivity contribution in [1.82, 2.24) is 10.2 Å². The van der Waals surface area contributed by atoms with Crippen LogP contribution in [0.2, 0.25) is 0 Å². The van der Waals surface area contributed by atoms with E-state index in [4.69, 9.17) is 18.9 Å². The van der Waals surface area contributed by atoms with E-state index in [1.165, 1.54) is 0 Å². The quantitative estimate of drug-likeness (QED) is 0.424. The molecule has 0 saturated heterocycles. The minimum absolute atomic E-state index is 0.109. The van der Waals surface area contributed by atoms with Crippen LogP contribution in [0.15, 0.2) is 53.5 Å². The molecule has 2 unspecified atom stereocenters. The zero-order chi connectivity index (χ0) is 27.6. The van der Waals surface area contributed by atoms with Crippen molar-refractivity contribution in [2.24, 2.45) is 11.8 Å². The smallest absolute Gasteiger partial charge is 0.231 e. The summed E-state index contributed by atoms with van der Waals surface area (Å²) in [4.78, 5) is 14.7. The number of rotatable bonds is 13. The predicted molar refractivity (Wildman–Crippen MR) is 144 cm³/mol. The Morgan fingerprint density at radius 1 is 1.14 bits per heavy atom. The third kappa shape index (κ3) is 6.86. The van der Waals surface area contributed by atoms with E-state index < -0.39 is 11.3 Å². The Morgan fingerprint density at radius 2 is 1.81 bits per heavy atom. The molecule has 8 nitrogen and oxygen atoms in total. The third-order valence-electron chi connectivity index (χ3n) is 7.02. The fourth-order valence-electron chi connectivity index (χ4n) is 4.65. The zero-order valence-corrected chi connectivity index (χ0v) is 23.4. The molecular formula is C29H41N3O5. The first kappa shape index (κ1) is 29.8. The second kappa shape index (κ2) is 13.8. The molecule has 1 aromatic rings. The molecule has 0 saturated carbocycles. The molecular weight excluding hydrogens is 470 g/mol. The van der Waals surface area contributed by atoms with Crippen molar-refractivity contribution in [1.29, 1.82) is 5.26 Å². The monoisotopic (exact) mass is 511 g/mol. The maximum absolute atomic E-state index is 12.5. The Morgan fingerprint density at radius 3 is 2.35 bits per heavy atom. The lowest BCUT2D eigenvalue weighted by Crippen LogP contribution is -2.32. The lowest BCUT2D eigenvalue weighted by Gasteiger charge is -2.32. The van der Waals surface area contributed by atoms with Crippen LogP contribution in [0.25, 0.3) is 0 Å². The maximum atomic E-state index is 12.5. The minimum Gasteiger partial charge on any atom is -0.493 e. The van der Waals surface area contributed by atoms with Crippen LogP contribution >= 0.6 is 0 Å². The van der Waals surface area contributed by atoms with Crippen LogP contribution in [0.3, 0.4) is 0 Å². The maximum Gasteiger partial charge on any atom is 0.231 e. The van der Waals surface area contributed by atoms with Gasteiger partial charge in [-0.15, -0.1) is 0 Å². The Kier molecular flexibility index (Phi) is 11.1. The molecule has 1 aromatic carbocycles. The van der Waals surface area contributed by atoms with Crippen LogP contribution in [0.1, 0.15) is 32.3 Å². The molecule has 0 bridgehead atoms. The van der Waals surface area contributed by atoms with Gasteiger partial charge in [0.15, 0.2) is 23.0 Å². The second-order valence-electron chi connectivity index (χ2n) is 9.42. The van der Waals surface area contributed by atoms with E-state index in [-0.39, 0.29) is 11.8 Å². The van der Waals surface area contributed by atoms with Gasteiger partial charge < -0.3 is 29.2 Å². The van der Waals surface area contributed by atoms with Crippen LogP contribution in [-0.4, -0.2) is 66.4 Å². The molecule has 0 heterocycles. The summed E-state index contributed by atoms with van der Waals surface area (Å²) in [6.07, 6.45) is 7.19. The number of likely N-dealkylation sites (N-methyl/N-ethyl adjacent to an activating group) is 1. The number of carbonyl (C=O) groups excluding carboxylic acids is 1. The van der Waals surface area contributed by atoms with Crippen LogP contribution in [0.5, 0.6) is 11.5 Å². The lowest BCUT2D eigenvalue weighted by atomic mass is 9.69. The number of amides is 1. The van der Waals surface area contributed by atoms with Gasteiger partial charge in [-0.3, -0.25) is 4.79 Å². The molecule has 0 aromatic heterocycles. The highest BCUT2D eigenvalue weighted by Gasteiger charge is 2.36. The Hall–Kier alpha value is -3.44. The number of methoxy groups -OCH3 is 4. The topological polar surface area (TPSA) is 93.1 Å². The molecule has 202 valence electrons. The molecule has 2 atom stereocenters. The highest BCUT2D eigenvalue weighted by Crippen LogP contribution is 2.40. The van der Waals surface area contributed by atoms with Crippen LogP contribution in [0, 0.1) is 23.2 Å². The van der Waals surface area contributed by atoms with Crippen molar-refractivity contribution in [3.63, 3.8) is 0 Å². The first-order valence-corrected chi connectivity index (χ1v) is 12.5. The number of allylic oxidation sites excluding steroid dienone is 1. The van der Waals surface area contributed by atoms with Gasteiger partial charge in [0.2, 0.25) is 5.91 Å². The van der Waals surface area contributed by atoms with E-state index in [9.17, 15) is 10.1 Å². The first-order chi connectivity index (χ1) is 17.7. The van der Waals surface area contributed by atoms with E-state index >= 15 is 0 Å². The van der Waals surface area contributed by atoms with Gasteiger partial charge in [-0.1, -0.05) is 26.0 Å². The van der Waals surface area contributed by atoms with E-state index in [1.807, 2.05) is 37.4 Å². The van der Waals surface area contributed by atoms with Crippen LogP contribution < -0.4 is 14.8 Å². The SMILES string of the molecule is CNC(=O)C1C=C(OC)C(OC)=C/C1=C\CN(C)CCCC(C#N)(c1ccc(OC)c(OC)c1)C(C)C. The Labute approximate surface area is 221 Å². The van der Waals surface area contributed by atoms with Gasteiger partial charge >= 0.3 is 0 Å². The summed E-state index contributed by atoms with van der Waals surface area (Å²) >= 11 is 0. The standard InChI is InChI=1S/C29H41N3O5/c1-20(2)29(19-30,22-10-11-24(34-5)26(17-22)36-7)13-9-14-32(4)15-12-21-16-25(35-6)27(37-8)18-23(21)28(33)31-3/h10-12,16-18,20,23H,9,13-15H2,1-8H3,(H,31,33)/b21-12+. The number of hydrogen-bond donors (Lipinski definition) is 1. The molecule has 1 amide bonds. The number of nitriles is 1. The lowest BCUT2D eigenvalue weighted by molar-refractivity contribution is -0.122. The molecule has 0 fully saturated rings. The first-order valence-electron chi connectivity index (χ1n) is 12.5. The fraction of sp³-hybridized carbons (Fsp3) is 0.517. The molecule has 0 radical (unpaired) electrons. The van der Waals surface area contributed by atoms with Crippen molar-refractivity contribution in [2.75, 3.05) is 55.6 Å². The molecule has 8 heteroatoms. The number of hydrogen-bond acceptors (Lipinski definition) is 7. The fourth-order valence-corrected chi connectivity index (χ4v) is 4.65. The summed E-state index contributed by atoms with van der Waals surface area (Å²) in [6.45, 7) is 5.59. The van der Waals surface area contributed by atoms with Gasteiger partial charge in [-0.05, 0) is 67.8 Å². The van der Waals surface area contributed by atoms with Crippen LogP contribution in [0.4, 0.5) is 0 Å². The van der Waals surface area contributed by atoms with Crippen molar-refractivity contribution >= 4 is 5.91 Å². The highest BCUT2D eigenvalue weighted by molar-refractivity contribution is 5.84. The number of carbonyl (C=O) groups is 1. The third-order valence-corrected chi connectivity index (χ3v) is 7.02. The van der Waals surface area contributed by atoms with Crippen molar-refractivity contribution < 1.29 is 23.7 Å². The van der Waals surface area contributed by atoms with Crippen molar-refractivity contribution in [2.45, 2.75) is 32.1 Å². The van der Waals surface area contributed by atoms with Gasteiger partial charge in [-0.25, -0.2) is 0 Å². The number of benzene rings is 1. The van der Waals surface area contributed by atoms with Crippen molar-refractivity contribution in [3.05, 3.63) is 59.1 Å². The number of nitrogens with one attached hydrogen (secondary N) is 1. The van der Waals surface area contributed by atoms with E-state index in [0.717, 1.165) is 24.1 Å². The minimum atomic E-state index is -0.649. The molecule has 2 rings (SSSR count). The van der Waals surface area contributed by atoms with Crippen molar-refractivity contribution in [3.8, 4) is 17.6 Å². The highest BCUT2D eigenvalue weighted by atomic mass is 16.5. The van der Waals surface area contributed by atoms with Crippen LogP contribution in [-0.2, 0) is 19.7 Å². The molecule has 0 spiro atoms. The predicted octanol–water partition coefficient (Wildman–Crippen LogP) is 4.20. The average Bonchev–Trinajstić information content (AvgIpc) is 2.92. The van der Waals surface area contributed by atoms with Gasteiger partial charge in [0.05, 0.1) is 45.8 Å². The summed E-state index contributed by atoms with van der Waals surface area (Å²) in [7, 11) is 10.00. The number of nitrogens with zero attached hydrogens (tertiary/aromatic N) is 2. The summed E-state index contributed by atoms with van der Waals surface area (Å²) in [5, 5.41) is 13.0. The molecule has 1 aliphatic carbocycles. The second-order valence-corrected chi connectivity index (χ2v) is 9.42. The van der Waals surface area contributed by atoms with Gasteiger partial charge in [0.1, 0.15) is 0 Å². The van der Waals surface area contributed by atoms with Gasteiger partial charge in [0.25, 0.3) is 0 Å². The Balaban J connectivity index is 2.15. The van der Waals surface area contributed by atoms with Gasteiger partial charge in [0, 0.05) is 13.6 Å². The summed E-state index contributed by atoms with van der Waals surface area (Å²) < 4.78 is 21.7. The molecule has 1 N–H and O–H groups in total. The zero-order valence-electron chi connectivity index (χ0n) is 23.4. The van der Waals surface area contributed by atoms with E-state index in [1.54, 1.807) is 41.6 Å². The van der Waals surface area contributed by atoms with E-state index in [2.05, 4.69) is 30.1 Å². The molecule has 37 heavy (non-hydrogen) atoms. The molecule has 1 aliphatic rings. The van der Waals surface area contributed by atoms with E-state index in [0.29, 0.717) is 36.0 Å². The summed E-state index contributed by atoms with van der Waals surface area (Å²) in [6, 6.07) is 8.35. The summed E-state index contributed by atoms with van der Waals surface area (Å²) in [5.74, 6) is 1.94. The number of ether oxygens (including phenoxy) is 4. The Bertz CT molecular complexity index is 1070. The molecule has 0 aliphatic heterocycles. The largest absolute Gasteiger partial charge is 0.493 e. The normalized spacial score (nSPS) is 18.0. The van der Waals surface area contributed by atoms with Gasteiger partial charge in [-0.2, -0.15) is 5.26 Å².